The molecule has 0 atom stereocenters. The summed E-state index contributed by atoms with van der Waals surface area (Å²) in [5.41, 5.74) is 35.2. The lowest BCUT2D eigenvalue weighted by molar-refractivity contribution is 0.481. The van der Waals surface area contributed by atoms with E-state index in [1.807, 2.05) is 146 Å². The van der Waals surface area contributed by atoms with E-state index in [0.717, 1.165) is 68.7 Å². The molecule has 0 bridgehead atoms. The quantitative estimate of drug-likeness (QED) is 0.0701. The molecule has 8 nitrogen and oxygen atoms in total. The molecule has 8 heteroatoms. The molecule has 80 heavy (non-hydrogen) atoms. The van der Waals surface area contributed by atoms with Crippen molar-refractivity contribution < 1.29 is 18.9 Å². The van der Waals surface area contributed by atoms with E-state index in [2.05, 4.69) is 152 Å². The Bertz CT molecular complexity index is 3370. The predicted octanol–water partition coefficient (Wildman–Crippen LogP) is 18.2. The molecule has 0 heterocycles. The first-order chi connectivity index (χ1) is 38.2. The second-order valence-corrected chi connectivity index (χ2v) is 22.4. The van der Waals surface area contributed by atoms with Crippen molar-refractivity contribution in [2.75, 3.05) is 22.9 Å². The van der Waals surface area contributed by atoms with Crippen molar-refractivity contribution in [1.82, 2.24) is 0 Å². The van der Waals surface area contributed by atoms with Gasteiger partial charge in [-0.2, -0.15) is 0 Å². The van der Waals surface area contributed by atoms with Gasteiger partial charge in [-0.3, -0.25) is 0 Å². The Morgan fingerprint density at radius 1 is 0.200 bits per heavy atom. The summed E-state index contributed by atoms with van der Waals surface area (Å²) >= 11 is 0. The fraction of sp³-hybridized carbons (Fsp3) is 0.167. The summed E-state index contributed by atoms with van der Waals surface area (Å²) < 4.78 is 23.9. The molecule has 0 spiro atoms. The van der Waals surface area contributed by atoms with Crippen molar-refractivity contribution in [2.45, 2.75) is 77.0 Å². The summed E-state index contributed by atoms with van der Waals surface area (Å²) in [6.45, 7) is 18.1. The van der Waals surface area contributed by atoms with Crippen LogP contribution in [0.5, 0.6) is 46.0 Å². The Hall–Kier alpha value is -9.40. The average molecular weight is 1060 g/mol. The van der Waals surface area contributed by atoms with E-state index in [4.69, 9.17) is 41.9 Å². The molecule has 0 fully saturated rings. The normalized spacial score (nSPS) is 11.7. The molecule has 10 rings (SSSR count). The first kappa shape index (κ1) is 55.4. The van der Waals surface area contributed by atoms with E-state index >= 15 is 0 Å². The minimum absolute atomic E-state index is 0.163. The number of nitrogens with two attached hydrogens (primary N) is 4. The van der Waals surface area contributed by atoms with Gasteiger partial charge in [0.05, 0.1) is 0 Å². The highest BCUT2D eigenvalue weighted by atomic mass is 16.5. The summed E-state index contributed by atoms with van der Waals surface area (Å²) in [7, 11) is 0. The Balaban J connectivity index is 0.000000194. The molecule has 0 saturated heterocycles. The van der Waals surface area contributed by atoms with Gasteiger partial charge in [-0.25, -0.2) is 0 Å². The standard InChI is InChI=1S/2C36H36N2O2/c1-35(2,27-9-17-31(18-10-27)39-33-21-13-29(37)14-22-33)25-5-7-26(8-6-25)36(3,4)28-11-19-32(20-12-28)40-34-23-15-30(38)16-24-34;1-35(2,25-8-16-31(17-9-25)39-33-20-12-29(37)13-21-33)27-6-5-7-28(24-27)36(3,4)26-10-18-32(19-11-26)40-34-22-14-30(38)15-23-34/h2*5-24H,37-38H2,1-4H3. The first-order valence-corrected chi connectivity index (χ1v) is 27.0. The van der Waals surface area contributed by atoms with Gasteiger partial charge < -0.3 is 41.9 Å². The number of benzene rings is 10. The lowest BCUT2D eigenvalue weighted by atomic mass is 9.73. The van der Waals surface area contributed by atoms with Gasteiger partial charge in [0.2, 0.25) is 0 Å². The molecule has 10 aromatic carbocycles. The number of anilines is 4. The smallest absolute Gasteiger partial charge is 0.127 e. The molecule has 404 valence electrons. The van der Waals surface area contributed by atoms with Crippen LogP contribution in [0.3, 0.4) is 0 Å². The molecule has 0 aliphatic carbocycles. The van der Waals surface area contributed by atoms with Crippen LogP contribution in [-0.4, -0.2) is 0 Å². The predicted molar refractivity (Wildman–Crippen MR) is 331 cm³/mol. The number of nitrogen functional groups attached to an aromatic ring is 4. The van der Waals surface area contributed by atoms with Crippen LogP contribution in [0.25, 0.3) is 0 Å². The maximum atomic E-state index is 6.00. The van der Waals surface area contributed by atoms with Gasteiger partial charge in [-0.1, -0.05) is 152 Å². The Morgan fingerprint density at radius 3 is 0.537 bits per heavy atom. The SMILES string of the molecule is CC(C)(c1ccc(Oc2ccc(N)cc2)cc1)c1ccc(C(C)(C)c2ccc(Oc3ccc(N)cc3)cc2)cc1.CC(C)(c1ccc(Oc2ccc(N)cc2)cc1)c1cccc(C(C)(C)c2ccc(Oc3ccc(N)cc3)cc2)c1. The Labute approximate surface area is 472 Å². The molecular weight excluding hydrogens is 985 g/mol. The van der Waals surface area contributed by atoms with Crippen LogP contribution in [0.15, 0.2) is 243 Å². The topological polar surface area (TPSA) is 141 Å². The van der Waals surface area contributed by atoms with Crippen molar-refractivity contribution in [2.24, 2.45) is 0 Å². The maximum Gasteiger partial charge on any atom is 0.127 e. The highest BCUT2D eigenvalue weighted by Gasteiger charge is 2.29. The minimum atomic E-state index is -0.192. The molecule has 0 unspecified atom stereocenters. The second-order valence-electron chi connectivity index (χ2n) is 22.4. The van der Waals surface area contributed by atoms with Crippen LogP contribution in [0, 0.1) is 0 Å². The highest BCUT2D eigenvalue weighted by Crippen LogP contribution is 2.40. The van der Waals surface area contributed by atoms with Crippen molar-refractivity contribution >= 4 is 22.7 Å². The van der Waals surface area contributed by atoms with Gasteiger partial charge in [0.1, 0.15) is 46.0 Å². The van der Waals surface area contributed by atoms with Gasteiger partial charge in [0, 0.05) is 44.4 Å². The van der Waals surface area contributed by atoms with Crippen molar-refractivity contribution in [3.63, 3.8) is 0 Å². The number of ether oxygens (including phenoxy) is 4. The summed E-state index contributed by atoms with van der Waals surface area (Å²) in [5.74, 6) is 6.25. The monoisotopic (exact) mass is 1060 g/mol. The number of hydrogen-bond donors (Lipinski definition) is 4. The van der Waals surface area contributed by atoms with E-state index in [1.165, 1.54) is 44.5 Å². The van der Waals surface area contributed by atoms with Crippen molar-refractivity contribution in [3.8, 4) is 46.0 Å². The zero-order chi connectivity index (χ0) is 56.7. The van der Waals surface area contributed by atoms with E-state index < -0.39 is 0 Å². The van der Waals surface area contributed by atoms with Gasteiger partial charge in [-0.05, 0) is 190 Å². The third-order valence-corrected chi connectivity index (χ3v) is 15.4. The van der Waals surface area contributed by atoms with Gasteiger partial charge >= 0.3 is 0 Å². The maximum absolute atomic E-state index is 6.00. The summed E-state index contributed by atoms with van der Waals surface area (Å²) in [6.07, 6.45) is 0. The molecule has 10 aromatic rings. The van der Waals surface area contributed by atoms with E-state index in [0.29, 0.717) is 0 Å². The third kappa shape index (κ3) is 13.1. The lowest BCUT2D eigenvalue weighted by Crippen LogP contribution is -2.22. The van der Waals surface area contributed by atoms with Crippen LogP contribution in [0.4, 0.5) is 22.7 Å². The third-order valence-electron chi connectivity index (χ3n) is 15.4. The van der Waals surface area contributed by atoms with Crippen LogP contribution in [-0.2, 0) is 21.7 Å². The summed E-state index contributed by atoms with van der Waals surface area (Å²) in [4.78, 5) is 0. The molecule has 0 aliphatic heterocycles. The van der Waals surface area contributed by atoms with E-state index in [-0.39, 0.29) is 21.7 Å². The van der Waals surface area contributed by atoms with Crippen molar-refractivity contribution in [1.29, 1.82) is 0 Å². The Kier molecular flexibility index (Phi) is 16.1. The van der Waals surface area contributed by atoms with Gasteiger partial charge in [0.25, 0.3) is 0 Å². The molecular formula is C72H72N4O4. The molecule has 0 aromatic heterocycles. The summed E-state index contributed by atoms with van der Waals surface area (Å²) in [6, 6.07) is 80.9. The number of rotatable bonds is 16. The number of hydrogen-bond acceptors (Lipinski definition) is 8. The lowest BCUT2D eigenvalue weighted by Gasteiger charge is -2.31. The van der Waals surface area contributed by atoms with Crippen molar-refractivity contribution in [3.05, 3.63) is 287 Å². The summed E-state index contributed by atoms with van der Waals surface area (Å²) in [5, 5.41) is 0. The van der Waals surface area contributed by atoms with Gasteiger partial charge in [-0.15, -0.1) is 0 Å². The van der Waals surface area contributed by atoms with E-state index in [9.17, 15) is 0 Å². The highest BCUT2D eigenvalue weighted by molar-refractivity contribution is 5.51. The largest absolute Gasteiger partial charge is 0.457 e. The Morgan fingerprint density at radius 2 is 0.350 bits per heavy atom. The van der Waals surface area contributed by atoms with Gasteiger partial charge in [0.15, 0.2) is 0 Å². The second kappa shape index (κ2) is 23.3. The molecule has 8 N–H and O–H groups in total. The zero-order valence-corrected chi connectivity index (χ0v) is 47.0. The fourth-order valence-corrected chi connectivity index (χ4v) is 9.71. The molecule has 0 radical (unpaired) electrons. The molecule has 0 saturated carbocycles. The average Bonchev–Trinajstić information content (AvgIpc) is 3.46. The zero-order valence-electron chi connectivity index (χ0n) is 47.0. The van der Waals surface area contributed by atoms with E-state index in [1.54, 1.807) is 0 Å². The first-order valence-electron chi connectivity index (χ1n) is 27.0. The molecule has 0 aliphatic rings. The minimum Gasteiger partial charge on any atom is -0.457 e. The van der Waals surface area contributed by atoms with Crippen LogP contribution in [0.1, 0.15) is 99.9 Å². The fourth-order valence-electron chi connectivity index (χ4n) is 9.71. The van der Waals surface area contributed by atoms with Crippen LogP contribution in [0.2, 0.25) is 0 Å². The molecule has 0 amide bonds. The van der Waals surface area contributed by atoms with Crippen LogP contribution >= 0.6 is 0 Å². The van der Waals surface area contributed by atoms with Crippen LogP contribution < -0.4 is 41.9 Å².